The number of hydrogen-bond acceptors (Lipinski definition) is 5. The van der Waals surface area contributed by atoms with E-state index in [1.165, 1.54) is 19.2 Å². The van der Waals surface area contributed by atoms with Crippen molar-refractivity contribution in [2.45, 2.75) is 0 Å². The monoisotopic (exact) mass is 181 g/mol. The van der Waals surface area contributed by atoms with Gasteiger partial charge in [0, 0.05) is 0 Å². The summed E-state index contributed by atoms with van der Waals surface area (Å²) in [5.74, 6) is -0.483. The fraction of sp³-hybridized carbons (Fsp3) is 0.125. The van der Waals surface area contributed by atoms with E-state index in [1.54, 1.807) is 12.1 Å². The van der Waals surface area contributed by atoms with E-state index in [0.717, 1.165) is 0 Å². The summed E-state index contributed by atoms with van der Waals surface area (Å²) in [6.07, 6.45) is 0. The van der Waals surface area contributed by atoms with Gasteiger partial charge in [0.15, 0.2) is 11.1 Å². The first-order valence-corrected chi connectivity index (χ1v) is 3.46. The molecule has 0 aliphatic heterocycles. The van der Waals surface area contributed by atoms with Gasteiger partial charge in [0.05, 0.1) is 7.11 Å². The Bertz CT molecular complexity index is 324. The Morgan fingerprint density at radius 3 is 2.69 bits per heavy atom. The normalized spacial score (nSPS) is 9.00. The third kappa shape index (κ3) is 2.02. The molecule has 0 N–H and O–H groups in total. The van der Waals surface area contributed by atoms with E-state index in [-0.39, 0.29) is 11.3 Å². The van der Waals surface area contributed by atoms with Crippen LogP contribution in [0.5, 0.6) is 5.75 Å². The summed E-state index contributed by atoms with van der Waals surface area (Å²) in [6.45, 7) is 0. The third-order valence-corrected chi connectivity index (χ3v) is 1.43. The number of hydrogen-bond donors (Lipinski definition) is 0. The first kappa shape index (κ1) is 9.18. The lowest BCUT2D eigenvalue weighted by atomic mass is 10.2. The Kier molecular flexibility index (Phi) is 2.97. The highest BCUT2D eigenvalue weighted by molar-refractivity contribution is 5.92. The predicted octanol–water partition coefficient (Wildman–Crippen LogP) is 1.53. The number of rotatable bonds is 3. The van der Waals surface area contributed by atoms with Crippen molar-refractivity contribution in [1.82, 2.24) is 0 Å². The van der Waals surface area contributed by atoms with Crippen molar-refractivity contribution in [2.24, 2.45) is 5.34 Å². The van der Waals surface area contributed by atoms with Gasteiger partial charge in [0.25, 0.3) is 0 Å². The lowest BCUT2D eigenvalue weighted by Gasteiger charge is -2.02. The second-order valence-electron chi connectivity index (χ2n) is 2.15. The molecule has 1 rings (SSSR count). The van der Waals surface area contributed by atoms with Crippen molar-refractivity contribution in [3.05, 3.63) is 34.7 Å². The molecule has 0 aliphatic rings. The van der Waals surface area contributed by atoms with Crippen LogP contribution >= 0.6 is 0 Å². The van der Waals surface area contributed by atoms with Gasteiger partial charge in [0.1, 0.15) is 5.56 Å². The van der Waals surface area contributed by atoms with Crippen LogP contribution in [0.2, 0.25) is 0 Å². The molecule has 0 radical (unpaired) electrons. The Balaban J connectivity index is 3.03. The second kappa shape index (κ2) is 4.20. The number of benzene rings is 1. The topological polar surface area (TPSA) is 65.0 Å². The fourth-order valence-corrected chi connectivity index (χ4v) is 0.865. The Morgan fingerprint density at radius 1 is 1.38 bits per heavy atom. The van der Waals surface area contributed by atoms with Gasteiger partial charge < -0.3 is 9.57 Å². The molecule has 0 aliphatic carbocycles. The maximum absolute atomic E-state index is 11.1. The molecule has 68 valence electrons. The van der Waals surface area contributed by atoms with Crippen molar-refractivity contribution < 1.29 is 14.4 Å². The summed E-state index contributed by atoms with van der Waals surface area (Å²) in [7, 11) is 1.24. The quantitative estimate of drug-likeness (QED) is 0.403. The molecule has 1 aromatic rings. The maximum Gasteiger partial charge on any atom is 0.341 e. The molecule has 1 aromatic carbocycles. The summed E-state index contributed by atoms with van der Waals surface area (Å²) < 4.78 is 4.46. The van der Waals surface area contributed by atoms with Crippen molar-refractivity contribution in [2.75, 3.05) is 7.11 Å². The van der Waals surface area contributed by atoms with Crippen molar-refractivity contribution in [3.63, 3.8) is 0 Å². The largest absolute Gasteiger partial charge is 0.465 e. The van der Waals surface area contributed by atoms with E-state index in [0.29, 0.717) is 0 Å². The average Bonchev–Trinajstić information content (AvgIpc) is 2.18. The molecule has 13 heavy (non-hydrogen) atoms. The SMILES string of the molecule is COC(=O)c1ccccc1ON=O. The first-order chi connectivity index (χ1) is 6.29. The molecule has 0 bridgehead atoms. The van der Waals surface area contributed by atoms with Crippen LogP contribution < -0.4 is 4.84 Å². The average molecular weight is 181 g/mol. The van der Waals surface area contributed by atoms with Crippen LogP contribution in [-0.4, -0.2) is 13.1 Å². The molecule has 5 heteroatoms. The zero-order valence-corrected chi connectivity index (χ0v) is 6.89. The van der Waals surface area contributed by atoms with E-state index in [4.69, 9.17) is 0 Å². The van der Waals surface area contributed by atoms with E-state index < -0.39 is 5.97 Å². The number of carbonyl (C=O) groups is 1. The molecule has 0 amide bonds. The molecule has 0 unspecified atom stereocenters. The lowest BCUT2D eigenvalue weighted by molar-refractivity contribution is 0.0596. The molecule has 0 heterocycles. The van der Waals surface area contributed by atoms with E-state index in [9.17, 15) is 9.70 Å². The minimum atomic E-state index is -0.570. The molecular formula is C8H7NO4. The van der Waals surface area contributed by atoms with Gasteiger partial charge in [-0.15, -0.1) is 4.91 Å². The molecule has 5 nitrogen and oxygen atoms in total. The molecule has 0 fully saturated rings. The number of methoxy groups -OCH3 is 1. The summed E-state index contributed by atoms with van der Waals surface area (Å²) in [4.78, 5) is 25.2. The smallest absolute Gasteiger partial charge is 0.341 e. The van der Waals surface area contributed by atoms with Gasteiger partial charge in [0.2, 0.25) is 0 Å². The van der Waals surface area contributed by atoms with Crippen LogP contribution in [0.1, 0.15) is 10.4 Å². The van der Waals surface area contributed by atoms with Crippen LogP contribution in [-0.2, 0) is 4.74 Å². The number of esters is 1. The van der Waals surface area contributed by atoms with E-state index >= 15 is 0 Å². The third-order valence-electron chi connectivity index (χ3n) is 1.43. The van der Waals surface area contributed by atoms with Crippen LogP contribution in [0.15, 0.2) is 29.6 Å². The minimum Gasteiger partial charge on any atom is -0.465 e. The first-order valence-electron chi connectivity index (χ1n) is 3.46. The van der Waals surface area contributed by atoms with E-state index in [2.05, 4.69) is 14.9 Å². The minimum absolute atomic E-state index is 0.0874. The number of carbonyl (C=O) groups excluding carboxylic acids is 1. The van der Waals surface area contributed by atoms with Gasteiger partial charge in [-0.3, -0.25) is 0 Å². The van der Waals surface area contributed by atoms with Crippen LogP contribution in [0.3, 0.4) is 0 Å². The Labute approximate surface area is 74.2 Å². The van der Waals surface area contributed by atoms with Gasteiger partial charge in [-0.25, -0.2) is 4.79 Å². The Hall–Kier alpha value is -1.91. The van der Waals surface area contributed by atoms with Crippen LogP contribution in [0.4, 0.5) is 0 Å². The summed E-state index contributed by atoms with van der Waals surface area (Å²) in [6, 6.07) is 6.18. The van der Waals surface area contributed by atoms with Crippen molar-refractivity contribution >= 4 is 5.97 Å². The zero-order chi connectivity index (χ0) is 9.68. The van der Waals surface area contributed by atoms with Gasteiger partial charge in [-0.1, -0.05) is 12.1 Å². The fourth-order valence-electron chi connectivity index (χ4n) is 0.865. The highest BCUT2D eigenvalue weighted by atomic mass is 16.7. The highest BCUT2D eigenvalue weighted by Crippen LogP contribution is 2.18. The number of para-hydroxylation sites is 1. The molecule has 0 atom stereocenters. The standard InChI is InChI=1S/C8H7NO4/c1-12-8(10)6-4-2-3-5-7(6)13-9-11/h2-5H,1H3. The molecule has 0 saturated carbocycles. The predicted molar refractivity (Wildman–Crippen MR) is 44.2 cm³/mol. The highest BCUT2D eigenvalue weighted by Gasteiger charge is 2.12. The van der Waals surface area contributed by atoms with Gasteiger partial charge >= 0.3 is 5.97 Å². The van der Waals surface area contributed by atoms with Crippen LogP contribution in [0.25, 0.3) is 0 Å². The summed E-state index contributed by atoms with van der Waals surface area (Å²) >= 11 is 0. The van der Waals surface area contributed by atoms with E-state index in [1.807, 2.05) is 0 Å². The zero-order valence-electron chi connectivity index (χ0n) is 6.89. The summed E-state index contributed by atoms with van der Waals surface area (Å²) in [5.41, 5.74) is 0.171. The van der Waals surface area contributed by atoms with Crippen molar-refractivity contribution in [3.8, 4) is 5.75 Å². The molecule has 0 saturated heterocycles. The van der Waals surface area contributed by atoms with Gasteiger partial charge in [-0.05, 0) is 12.1 Å². The van der Waals surface area contributed by atoms with Crippen molar-refractivity contribution in [1.29, 1.82) is 0 Å². The lowest BCUT2D eigenvalue weighted by Crippen LogP contribution is -2.02. The number of nitrogens with zero attached hydrogens (tertiary/aromatic N) is 1. The van der Waals surface area contributed by atoms with Gasteiger partial charge in [-0.2, -0.15) is 0 Å². The van der Waals surface area contributed by atoms with Crippen LogP contribution in [0, 0.1) is 4.91 Å². The molecule has 0 spiro atoms. The summed E-state index contributed by atoms with van der Waals surface area (Å²) in [5, 5.41) is 2.23. The maximum atomic E-state index is 11.1. The number of ether oxygens (including phenoxy) is 1. The molecule has 0 aromatic heterocycles. The second-order valence-corrected chi connectivity index (χ2v) is 2.15. The Morgan fingerprint density at radius 2 is 2.08 bits per heavy atom. The molecular weight excluding hydrogens is 174 g/mol.